The second-order valence-electron chi connectivity index (χ2n) is 8.23. The molecule has 174 valence electrons. The van der Waals surface area contributed by atoms with E-state index < -0.39 is 27.6 Å². The highest BCUT2D eigenvalue weighted by molar-refractivity contribution is 7.91. The third kappa shape index (κ3) is 5.30. The number of halogens is 2. The van der Waals surface area contributed by atoms with E-state index in [0.29, 0.717) is 17.2 Å². The summed E-state index contributed by atoms with van der Waals surface area (Å²) >= 11 is 12.7. The van der Waals surface area contributed by atoms with Gasteiger partial charge in [0.25, 0.3) is 15.9 Å². The number of nitrogens with zero attached hydrogens (tertiary/aromatic N) is 2. The van der Waals surface area contributed by atoms with Crippen molar-refractivity contribution < 1.29 is 17.9 Å². The fraction of sp³-hybridized carbons (Fsp3) is 0.286. The number of anilines is 1. The summed E-state index contributed by atoms with van der Waals surface area (Å²) in [6.45, 7) is 5.75. The number of hydrogen-bond acceptors (Lipinski definition) is 7. The van der Waals surface area contributed by atoms with Gasteiger partial charge in [0, 0.05) is 17.0 Å². The number of rotatable bonds is 5. The Kier molecular flexibility index (Phi) is 6.41. The first-order chi connectivity index (χ1) is 15.4. The van der Waals surface area contributed by atoms with Crippen LogP contribution < -0.4 is 14.8 Å². The highest BCUT2D eigenvalue weighted by Gasteiger charge is 2.37. The van der Waals surface area contributed by atoms with Gasteiger partial charge in [-0.2, -0.15) is 0 Å². The summed E-state index contributed by atoms with van der Waals surface area (Å²) in [5.41, 5.74) is 1.37. The Morgan fingerprint density at radius 2 is 1.94 bits per heavy atom. The smallest absolute Gasteiger partial charge is 0.270 e. The minimum Gasteiger partial charge on any atom is -0.487 e. The van der Waals surface area contributed by atoms with Crippen LogP contribution >= 0.6 is 34.5 Å². The monoisotopic (exact) mass is 526 g/mol. The SMILES string of the molecule is Cc1ccc2c(c1)OC(C)(C)C[C@H]2NS(=O)(=O)c1nnc(NC(=O)c2ccc(Cl)cc2Cl)s1. The van der Waals surface area contributed by atoms with Gasteiger partial charge in [-0.15, -0.1) is 10.2 Å². The van der Waals surface area contributed by atoms with Crippen molar-refractivity contribution in [1.82, 2.24) is 14.9 Å². The first-order valence-corrected chi connectivity index (χ1v) is 12.9. The average molecular weight is 527 g/mol. The number of benzene rings is 2. The molecule has 3 aromatic rings. The molecule has 0 saturated heterocycles. The molecule has 0 aliphatic carbocycles. The Balaban J connectivity index is 1.54. The van der Waals surface area contributed by atoms with E-state index in [1.165, 1.54) is 18.2 Å². The van der Waals surface area contributed by atoms with Crippen LogP contribution in [0.2, 0.25) is 10.0 Å². The summed E-state index contributed by atoms with van der Waals surface area (Å²) in [7, 11) is -4.01. The van der Waals surface area contributed by atoms with E-state index in [-0.39, 0.29) is 20.1 Å². The van der Waals surface area contributed by atoms with Crippen molar-refractivity contribution in [3.05, 3.63) is 63.1 Å². The predicted octanol–water partition coefficient (Wildman–Crippen LogP) is 4.99. The van der Waals surface area contributed by atoms with Crippen molar-refractivity contribution in [2.75, 3.05) is 5.32 Å². The molecule has 0 unspecified atom stereocenters. The molecule has 2 N–H and O–H groups in total. The van der Waals surface area contributed by atoms with Gasteiger partial charge in [-0.3, -0.25) is 10.1 Å². The van der Waals surface area contributed by atoms with Crippen LogP contribution in [0.15, 0.2) is 40.7 Å². The van der Waals surface area contributed by atoms with Crippen LogP contribution in [-0.4, -0.2) is 30.1 Å². The fourth-order valence-electron chi connectivity index (χ4n) is 3.51. The Labute approximate surface area is 205 Å². The van der Waals surface area contributed by atoms with Crippen LogP contribution in [0, 0.1) is 6.92 Å². The fourth-order valence-corrected chi connectivity index (χ4v) is 6.13. The van der Waals surface area contributed by atoms with E-state index in [1.54, 1.807) is 0 Å². The number of aromatic nitrogens is 2. The van der Waals surface area contributed by atoms with Gasteiger partial charge in [0.1, 0.15) is 11.4 Å². The molecular formula is C21H20Cl2N4O4S2. The zero-order chi connectivity index (χ0) is 24.0. The summed E-state index contributed by atoms with van der Waals surface area (Å²) in [4.78, 5) is 12.5. The molecular weight excluding hydrogens is 507 g/mol. The van der Waals surface area contributed by atoms with E-state index in [1.807, 2.05) is 39.0 Å². The molecule has 0 saturated carbocycles. The van der Waals surface area contributed by atoms with Gasteiger partial charge in [0.15, 0.2) is 0 Å². The van der Waals surface area contributed by atoms with E-state index in [9.17, 15) is 13.2 Å². The van der Waals surface area contributed by atoms with Gasteiger partial charge < -0.3 is 4.74 Å². The molecule has 2 aromatic carbocycles. The number of amides is 1. The van der Waals surface area contributed by atoms with Gasteiger partial charge in [0.2, 0.25) is 9.47 Å². The summed E-state index contributed by atoms with van der Waals surface area (Å²) in [6, 6.07) is 9.56. The highest BCUT2D eigenvalue weighted by atomic mass is 35.5. The normalized spacial score (nSPS) is 17.2. The molecule has 0 spiro atoms. The summed E-state index contributed by atoms with van der Waals surface area (Å²) in [5.74, 6) is 0.0872. The number of sulfonamides is 1. The number of fused-ring (bicyclic) bond motifs is 1. The number of carbonyl (C=O) groups is 1. The molecule has 1 aliphatic heterocycles. The van der Waals surface area contributed by atoms with Crippen molar-refractivity contribution in [3.63, 3.8) is 0 Å². The van der Waals surface area contributed by atoms with Crippen LogP contribution in [0.1, 0.15) is 47.8 Å². The lowest BCUT2D eigenvalue weighted by atomic mass is 9.90. The van der Waals surface area contributed by atoms with Crippen molar-refractivity contribution in [1.29, 1.82) is 0 Å². The second-order valence-corrected chi connectivity index (χ2v) is 11.9. The Bertz CT molecular complexity index is 1340. The number of hydrogen-bond donors (Lipinski definition) is 2. The largest absolute Gasteiger partial charge is 0.487 e. The lowest BCUT2D eigenvalue weighted by molar-refractivity contribution is 0.0701. The maximum atomic E-state index is 13.1. The minimum atomic E-state index is -4.01. The van der Waals surface area contributed by atoms with Crippen LogP contribution in [0.3, 0.4) is 0 Å². The Hall–Kier alpha value is -2.24. The van der Waals surface area contributed by atoms with E-state index in [0.717, 1.165) is 22.5 Å². The van der Waals surface area contributed by atoms with Gasteiger partial charge in [-0.25, -0.2) is 13.1 Å². The van der Waals surface area contributed by atoms with Crippen LogP contribution in [0.25, 0.3) is 0 Å². The van der Waals surface area contributed by atoms with Gasteiger partial charge in [-0.1, -0.05) is 46.7 Å². The molecule has 1 atom stereocenters. The average Bonchev–Trinajstić information content (AvgIpc) is 3.15. The van der Waals surface area contributed by atoms with Crippen molar-refractivity contribution in [3.8, 4) is 5.75 Å². The second kappa shape index (κ2) is 8.84. The number of ether oxygens (including phenoxy) is 1. The third-order valence-electron chi connectivity index (χ3n) is 4.96. The van der Waals surface area contributed by atoms with Crippen LogP contribution in [0.5, 0.6) is 5.75 Å². The number of carbonyl (C=O) groups excluding carboxylic acids is 1. The van der Waals surface area contributed by atoms with Gasteiger partial charge in [-0.05, 0) is 50.6 Å². The zero-order valence-corrected chi connectivity index (χ0v) is 21.0. The molecule has 12 heteroatoms. The molecule has 0 bridgehead atoms. The predicted molar refractivity (Wildman–Crippen MR) is 128 cm³/mol. The number of nitrogens with one attached hydrogen (secondary N) is 2. The number of aryl methyl sites for hydroxylation is 1. The molecule has 1 aromatic heterocycles. The van der Waals surface area contributed by atoms with E-state index >= 15 is 0 Å². The topological polar surface area (TPSA) is 110 Å². The molecule has 8 nitrogen and oxygen atoms in total. The minimum absolute atomic E-state index is 0.0229. The maximum Gasteiger partial charge on any atom is 0.270 e. The molecule has 1 aliphatic rings. The quantitative estimate of drug-likeness (QED) is 0.453. The summed E-state index contributed by atoms with van der Waals surface area (Å²) < 4.78 is 34.6. The van der Waals surface area contributed by atoms with Crippen molar-refractivity contribution in [2.24, 2.45) is 0 Å². The van der Waals surface area contributed by atoms with E-state index in [4.69, 9.17) is 27.9 Å². The van der Waals surface area contributed by atoms with Gasteiger partial charge in [0.05, 0.1) is 16.6 Å². The summed E-state index contributed by atoms with van der Waals surface area (Å²) in [5, 5.41) is 10.6. The lowest BCUT2D eigenvalue weighted by Gasteiger charge is -2.37. The van der Waals surface area contributed by atoms with Crippen molar-refractivity contribution >= 4 is 55.6 Å². The maximum absolute atomic E-state index is 13.1. The Morgan fingerprint density at radius 3 is 2.67 bits per heavy atom. The standard InChI is InChI=1S/C21H20Cl2N4O4S2/c1-11-4-6-14-16(10-21(2,3)31-17(14)8-11)27-33(29,30)20-26-25-19(32-20)24-18(28)13-7-5-12(22)9-15(13)23/h4-9,16,27H,10H2,1-3H3,(H,24,25,28)/t16-/m1/s1. The van der Waals surface area contributed by atoms with Crippen LogP contribution in [0.4, 0.5) is 5.13 Å². The first kappa shape index (κ1) is 23.9. The Morgan fingerprint density at radius 1 is 1.18 bits per heavy atom. The molecule has 0 radical (unpaired) electrons. The van der Waals surface area contributed by atoms with Crippen molar-refractivity contribution in [2.45, 2.75) is 43.2 Å². The zero-order valence-electron chi connectivity index (χ0n) is 17.8. The highest BCUT2D eigenvalue weighted by Crippen LogP contribution is 2.40. The lowest BCUT2D eigenvalue weighted by Crippen LogP contribution is -2.41. The molecule has 33 heavy (non-hydrogen) atoms. The first-order valence-electron chi connectivity index (χ1n) is 9.85. The summed E-state index contributed by atoms with van der Waals surface area (Å²) in [6.07, 6.45) is 0.430. The molecule has 4 rings (SSSR count). The van der Waals surface area contributed by atoms with Gasteiger partial charge >= 0.3 is 0 Å². The molecule has 0 fully saturated rings. The van der Waals surface area contributed by atoms with E-state index in [2.05, 4.69) is 20.2 Å². The van der Waals surface area contributed by atoms with Crippen LogP contribution in [-0.2, 0) is 10.0 Å². The molecule has 2 heterocycles. The third-order valence-corrected chi connectivity index (χ3v) is 8.18. The molecule has 1 amide bonds.